The molecule has 1 radical (unpaired) electrons. The van der Waals surface area contributed by atoms with Gasteiger partial charge in [0.05, 0.1) is 0 Å². The quantitative estimate of drug-likeness (QED) is 0.412. The van der Waals surface area contributed by atoms with Crippen LogP contribution in [0.2, 0.25) is 0 Å². The van der Waals surface area contributed by atoms with E-state index in [1.54, 1.807) is 0 Å². The highest BCUT2D eigenvalue weighted by Crippen LogP contribution is 1.88. The molecular weight excluding hydrogens is 75.1 g/mol. The first-order chi connectivity index (χ1) is 1.73. The number of rotatable bonds is 0. The van der Waals surface area contributed by atoms with Crippen molar-refractivity contribution in [3.8, 4) is 0 Å². The summed E-state index contributed by atoms with van der Waals surface area (Å²) in [6.07, 6.45) is 0. The topological polar surface area (TPSA) is 0 Å². The van der Waals surface area contributed by atoms with Gasteiger partial charge in [-0.1, -0.05) is 12.6 Å². The monoisotopic (exact) mass is 79.0 g/mol. The smallest absolute Gasteiger partial charge is 0.153 e. The third-order valence-corrected chi connectivity index (χ3v) is 0. The molecule has 0 aliphatic heterocycles. The van der Waals surface area contributed by atoms with Gasteiger partial charge in [-0.05, 0) is 6.92 Å². The van der Waals surface area contributed by atoms with Crippen molar-refractivity contribution < 1.29 is 4.39 Å². The van der Waals surface area contributed by atoms with E-state index in [9.17, 15) is 4.39 Å². The zero-order valence-electron chi connectivity index (χ0n) is 2.36. The lowest BCUT2D eigenvalue weighted by Gasteiger charge is -1.71. The maximum atomic E-state index is 10.8. The Balaban J connectivity index is 2.32. The van der Waals surface area contributed by atoms with Gasteiger partial charge in [-0.3, -0.25) is 0 Å². The molecule has 4 heavy (non-hydrogen) atoms. The molecule has 1 atom stereocenters. The lowest BCUT2D eigenvalue weighted by molar-refractivity contribution is 0.487. The summed E-state index contributed by atoms with van der Waals surface area (Å²) >= 11 is 3.95. The summed E-state index contributed by atoms with van der Waals surface area (Å²) in [6, 6.07) is 0. The van der Waals surface area contributed by atoms with E-state index in [4.69, 9.17) is 0 Å². The molecule has 0 unspecified atom stereocenters. The molecule has 25 valence electrons. The zero-order chi connectivity index (χ0) is 3.58. The Morgan fingerprint density at radius 3 is 2.00 bits per heavy atom. The Kier molecular flexibility index (Phi) is 1.70. The maximum Gasteiger partial charge on any atom is 0.153 e. The number of hydrogen-bond donors (Lipinski definition) is 0. The molecule has 0 nitrogen and oxygen atoms in total. The standard InChI is InChI=1S/C2H4FS/c1-2(3)4/h2H,1H3/t2-/m1/s1. The molecule has 0 N–H and O–H groups in total. The lowest BCUT2D eigenvalue weighted by Crippen LogP contribution is -1.67. The van der Waals surface area contributed by atoms with Crippen LogP contribution in [-0.4, -0.2) is 5.50 Å². The van der Waals surface area contributed by atoms with E-state index in [0.29, 0.717) is 0 Å². The third kappa shape index (κ3) is 47.6. The summed E-state index contributed by atoms with van der Waals surface area (Å²) in [4.78, 5) is 0. The minimum Gasteiger partial charge on any atom is -0.235 e. The van der Waals surface area contributed by atoms with Crippen LogP contribution < -0.4 is 0 Å². The second-order valence-corrected chi connectivity index (χ2v) is 1.19. The fraction of sp³-hybridized carbons (Fsp3) is 1.00. The van der Waals surface area contributed by atoms with E-state index in [1.165, 1.54) is 6.92 Å². The van der Waals surface area contributed by atoms with Crippen molar-refractivity contribution in [2.45, 2.75) is 12.4 Å². The Labute approximate surface area is 30.4 Å². The van der Waals surface area contributed by atoms with Crippen LogP contribution in [0, 0.1) is 0 Å². The molecule has 0 saturated carbocycles. The predicted molar refractivity (Wildman–Crippen MR) is 18.2 cm³/mol. The molecular formula is C2H4FS. The number of hydrogen-bond acceptors (Lipinski definition) is 0. The average molecular weight is 79.1 g/mol. The van der Waals surface area contributed by atoms with Crippen molar-refractivity contribution >= 4 is 12.6 Å². The normalized spacial score (nSPS) is 15.8. The van der Waals surface area contributed by atoms with Crippen LogP contribution in [-0.2, 0) is 0 Å². The van der Waals surface area contributed by atoms with Crippen LogP contribution in [0.15, 0.2) is 0 Å². The van der Waals surface area contributed by atoms with Crippen LogP contribution in [0.1, 0.15) is 6.92 Å². The van der Waals surface area contributed by atoms with Crippen LogP contribution in [0.4, 0.5) is 4.39 Å². The first-order valence-corrected chi connectivity index (χ1v) is 1.50. The second kappa shape index (κ2) is 1.58. The van der Waals surface area contributed by atoms with E-state index >= 15 is 0 Å². The summed E-state index contributed by atoms with van der Waals surface area (Å²) in [6.45, 7) is 1.31. The van der Waals surface area contributed by atoms with Crippen LogP contribution in [0.3, 0.4) is 0 Å². The molecule has 0 spiro atoms. The molecule has 0 amide bonds. The van der Waals surface area contributed by atoms with Gasteiger partial charge in [0.15, 0.2) is 5.50 Å². The Morgan fingerprint density at radius 1 is 2.00 bits per heavy atom. The van der Waals surface area contributed by atoms with Gasteiger partial charge in [0.25, 0.3) is 0 Å². The van der Waals surface area contributed by atoms with Crippen LogP contribution >= 0.6 is 12.6 Å². The molecule has 0 heterocycles. The third-order valence-electron chi connectivity index (χ3n) is 0. The molecule has 0 rings (SSSR count). The first kappa shape index (κ1) is 4.28. The molecule has 0 saturated heterocycles. The molecule has 0 fully saturated rings. The highest BCUT2D eigenvalue weighted by molar-refractivity contribution is 7.80. The van der Waals surface area contributed by atoms with Gasteiger partial charge in [-0.15, -0.1) is 0 Å². The fourth-order valence-corrected chi connectivity index (χ4v) is 0. The Morgan fingerprint density at radius 2 is 2.00 bits per heavy atom. The molecule has 0 aromatic heterocycles. The van der Waals surface area contributed by atoms with Crippen molar-refractivity contribution in [1.29, 1.82) is 0 Å². The summed E-state index contributed by atoms with van der Waals surface area (Å²) < 4.78 is 10.8. The SMILES string of the molecule is C[C@H](F)[S]. The minimum atomic E-state index is -1.08. The lowest BCUT2D eigenvalue weighted by atomic mass is 10.9. The second-order valence-electron chi connectivity index (χ2n) is 0.543. The van der Waals surface area contributed by atoms with Crippen molar-refractivity contribution in [3.63, 3.8) is 0 Å². The summed E-state index contributed by atoms with van der Waals surface area (Å²) in [5.41, 5.74) is -1.08. The molecule has 0 aromatic carbocycles. The zero-order valence-corrected chi connectivity index (χ0v) is 3.18. The van der Waals surface area contributed by atoms with E-state index in [0.717, 1.165) is 0 Å². The molecule has 0 aliphatic carbocycles. The summed E-state index contributed by atoms with van der Waals surface area (Å²) in [7, 11) is 0. The van der Waals surface area contributed by atoms with Gasteiger partial charge in [0, 0.05) is 0 Å². The van der Waals surface area contributed by atoms with Crippen LogP contribution in [0.5, 0.6) is 0 Å². The summed E-state index contributed by atoms with van der Waals surface area (Å²) in [5, 5.41) is 0. The van der Waals surface area contributed by atoms with Crippen molar-refractivity contribution in [2.24, 2.45) is 0 Å². The Bertz CT molecular complexity index is 10.8. The largest absolute Gasteiger partial charge is 0.235 e. The van der Waals surface area contributed by atoms with E-state index in [1.807, 2.05) is 0 Å². The van der Waals surface area contributed by atoms with E-state index in [2.05, 4.69) is 12.6 Å². The Hall–Kier alpha value is 0.280. The van der Waals surface area contributed by atoms with E-state index in [-0.39, 0.29) is 0 Å². The predicted octanol–water partition coefficient (Wildman–Crippen LogP) is 1.50. The highest BCUT2D eigenvalue weighted by atomic mass is 32.1. The van der Waals surface area contributed by atoms with E-state index < -0.39 is 5.50 Å². The fourth-order valence-electron chi connectivity index (χ4n) is 0. The maximum absolute atomic E-state index is 10.8. The highest BCUT2D eigenvalue weighted by Gasteiger charge is 1.76. The van der Waals surface area contributed by atoms with Crippen LogP contribution in [0.25, 0.3) is 0 Å². The average Bonchev–Trinajstić information content (AvgIpc) is 0.811. The summed E-state index contributed by atoms with van der Waals surface area (Å²) in [5.74, 6) is 0. The molecule has 0 bridgehead atoms. The van der Waals surface area contributed by atoms with Crippen molar-refractivity contribution in [3.05, 3.63) is 0 Å². The van der Waals surface area contributed by atoms with Gasteiger partial charge in [0.2, 0.25) is 0 Å². The van der Waals surface area contributed by atoms with Gasteiger partial charge in [-0.2, -0.15) is 0 Å². The van der Waals surface area contributed by atoms with Gasteiger partial charge >= 0.3 is 0 Å². The van der Waals surface area contributed by atoms with Gasteiger partial charge in [-0.25, -0.2) is 4.39 Å². The molecule has 2 heteroatoms. The first-order valence-electron chi connectivity index (χ1n) is 1.03. The van der Waals surface area contributed by atoms with Gasteiger partial charge in [0.1, 0.15) is 0 Å². The van der Waals surface area contributed by atoms with Gasteiger partial charge < -0.3 is 0 Å². The number of halogens is 1. The number of alkyl halides is 1. The van der Waals surface area contributed by atoms with Crippen molar-refractivity contribution in [2.75, 3.05) is 0 Å². The molecule has 0 aromatic rings. The molecule has 0 aliphatic rings. The van der Waals surface area contributed by atoms with Crippen molar-refractivity contribution in [1.82, 2.24) is 0 Å². The minimum absolute atomic E-state index is 1.08.